The normalized spacial score (nSPS) is 21.3. The summed E-state index contributed by atoms with van der Waals surface area (Å²) in [5, 5.41) is 9.83. The predicted molar refractivity (Wildman–Crippen MR) is 71.4 cm³/mol. The Balaban J connectivity index is 2.09. The van der Waals surface area contributed by atoms with Crippen LogP contribution in [0.15, 0.2) is 0 Å². The molecule has 3 heteroatoms. The molecule has 0 saturated heterocycles. The molecule has 0 aromatic heterocycles. The third-order valence-corrected chi connectivity index (χ3v) is 4.99. The van der Waals surface area contributed by atoms with Gasteiger partial charge in [0.05, 0.1) is 6.07 Å². The van der Waals surface area contributed by atoms with E-state index in [2.05, 4.69) is 17.8 Å². The SMILES string of the molecule is CCC(N)(C#N)CCCSC1CCCCC1. The summed E-state index contributed by atoms with van der Waals surface area (Å²) in [6.07, 6.45) is 9.72. The molecule has 16 heavy (non-hydrogen) atoms. The molecule has 92 valence electrons. The van der Waals surface area contributed by atoms with E-state index in [0.29, 0.717) is 0 Å². The summed E-state index contributed by atoms with van der Waals surface area (Å²) in [5.74, 6) is 1.17. The average Bonchev–Trinajstić information content (AvgIpc) is 2.36. The molecule has 1 fully saturated rings. The molecule has 1 aliphatic rings. The molecule has 0 aromatic carbocycles. The van der Waals surface area contributed by atoms with E-state index in [1.54, 1.807) is 0 Å². The second-order valence-corrected chi connectivity index (χ2v) is 6.26. The van der Waals surface area contributed by atoms with Crippen molar-refractivity contribution in [2.45, 2.75) is 69.1 Å². The van der Waals surface area contributed by atoms with Crippen LogP contribution in [0.4, 0.5) is 0 Å². The van der Waals surface area contributed by atoms with Gasteiger partial charge >= 0.3 is 0 Å². The average molecular weight is 240 g/mol. The molecule has 0 aromatic rings. The summed E-state index contributed by atoms with van der Waals surface area (Å²) in [4.78, 5) is 0. The molecule has 1 atom stereocenters. The minimum absolute atomic E-state index is 0.576. The van der Waals surface area contributed by atoms with Crippen LogP contribution in [0.3, 0.4) is 0 Å². The maximum atomic E-state index is 8.95. The van der Waals surface area contributed by atoms with Gasteiger partial charge in [0.15, 0.2) is 0 Å². The summed E-state index contributed by atoms with van der Waals surface area (Å²) in [6, 6.07) is 2.24. The molecule has 2 nitrogen and oxygen atoms in total. The highest BCUT2D eigenvalue weighted by atomic mass is 32.2. The fraction of sp³-hybridized carbons (Fsp3) is 0.923. The van der Waals surface area contributed by atoms with Crippen LogP contribution in [-0.2, 0) is 0 Å². The maximum Gasteiger partial charge on any atom is 0.104 e. The molecule has 0 heterocycles. The molecular formula is C13H24N2S. The predicted octanol–water partition coefficient (Wildman–Crippen LogP) is 3.46. The lowest BCUT2D eigenvalue weighted by Gasteiger charge is -2.22. The summed E-state index contributed by atoms with van der Waals surface area (Å²) in [6.45, 7) is 2.00. The fourth-order valence-electron chi connectivity index (χ4n) is 2.18. The number of thioether (sulfide) groups is 1. The van der Waals surface area contributed by atoms with Gasteiger partial charge in [0, 0.05) is 5.25 Å². The first-order valence-corrected chi connectivity index (χ1v) is 7.57. The van der Waals surface area contributed by atoms with E-state index in [-0.39, 0.29) is 0 Å². The van der Waals surface area contributed by atoms with Crippen molar-refractivity contribution in [1.29, 1.82) is 5.26 Å². The van der Waals surface area contributed by atoms with Crippen LogP contribution < -0.4 is 5.73 Å². The number of nitrogens with zero attached hydrogens (tertiary/aromatic N) is 1. The maximum absolute atomic E-state index is 8.95. The van der Waals surface area contributed by atoms with Crippen molar-refractivity contribution < 1.29 is 0 Å². The summed E-state index contributed by atoms with van der Waals surface area (Å²) < 4.78 is 0. The van der Waals surface area contributed by atoms with Crippen LogP contribution in [0.2, 0.25) is 0 Å². The van der Waals surface area contributed by atoms with E-state index in [0.717, 1.165) is 24.5 Å². The zero-order valence-corrected chi connectivity index (χ0v) is 11.2. The van der Waals surface area contributed by atoms with Gasteiger partial charge in [-0.2, -0.15) is 17.0 Å². The van der Waals surface area contributed by atoms with Gasteiger partial charge in [0.1, 0.15) is 5.54 Å². The Labute approximate surface area is 104 Å². The van der Waals surface area contributed by atoms with Gasteiger partial charge in [-0.25, -0.2) is 0 Å². The van der Waals surface area contributed by atoms with Crippen LogP contribution in [-0.4, -0.2) is 16.5 Å². The number of nitriles is 1. The largest absolute Gasteiger partial charge is 0.313 e. The second kappa shape index (κ2) is 7.19. The Bertz CT molecular complexity index is 231. The lowest BCUT2D eigenvalue weighted by Crippen LogP contribution is -2.37. The van der Waals surface area contributed by atoms with E-state index >= 15 is 0 Å². The standard InChI is InChI=1S/C13H24N2S/c1-2-13(15,11-14)9-6-10-16-12-7-4-3-5-8-12/h12H,2-10,15H2,1H3. The van der Waals surface area contributed by atoms with Gasteiger partial charge in [0.25, 0.3) is 0 Å². The molecule has 0 amide bonds. The third-order valence-electron chi connectivity index (χ3n) is 3.53. The Morgan fingerprint density at radius 1 is 1.38 bits per heavy atom. The Hall–Kier alpha value is -0.200. The van der Waals surface area contributed by atoms with Crippen LogP contribution in [0.5, 0.6) is 0 Å². The van der Waals surface area contributed by atoms with Gasteiger partial charge in [-0.3, -0.25) is 0 Å². The van der Waals surface area contributed by atoms with E-state index in [1.807, 2.05) is 6.92 Å². The molecule has 0 radical (unpaired) electrons. The molecule has 1 aliphatic carbocycles. The van der Waals surface area contributed by atoms with E-state index in [1.165, 1.54) is 37.9 Å². The molecular weight excluding hydrogens is 216 g/mol. The Morgan fingerprint density at radius 2 is 2.06 bits per heavy atom. The number of nitrogens with two attached hydrogens (primary N) is 1. The fourth-order valence-corrected chi connectivity index (χ4v) is 3.49. The molecule has 1 rings (SSSR count). The highest BCUT2D eigenvalue weighted by Crippen LogP contribution is 2.29. The smallest absolute Gasteiger partial charge is 0.104 e. The lowest BCUT2D eigenvalue weighted by atomic mass is 9.94. The quantitative estimate of drug-likeness (QED) is 0.723. The molecule has 0 spiro atoms. The molecule has 0 bridgehead atoms. The van der Waals surface area contributed by atoms with Crippen molar-refractivity contribution in [2.24, 2.45) is 5.73 Å². The minimum atomic E-state index is -0.576. The number of hydrogen-bond donors (Lipinski definition) is 1. The zero-order chi connectivity index (χ0) is 11.9. The van der Waals surface area contributed by atoms with Crippen molar-refractivity contribution in [3.8, 4) is 6.07 Å². The highest BCUT2D eigenvalue weighted by Gasteiger charge is 2.21. The lowest BCUT2D eigenvalue weighted by molar-refractivity contribution is 0.477. The first-order valence-electron chi connectivity index (χ1n) is 6.52. The van der Waals surface area contributed by atoms with Crippen molar-refractivity contribution >= 4 is 11.8 Å². The van der Waals surface area contributed by atoms with Crippen molar-refractivity contribution in [2.75, 3.05) is 5.75 Å². The number of hydrogen-bond acceptors (Lipinski definition) is 3. The summed E-state index contributed by atoms with van der Waals surface area (Å²) in [7, 11) is 0. The molecule has 2 N–H and O–H groups in total. The van der Waals surface area contributed by atoms with E-state index in [9.17, 15) is 0 Å². The minimum Gasteiger partial charge on any atom is -0.313 e. The van der Waals surface area contributed by atoms with Crippen molar-refractivity contribution in [1.82, 2.24) is 0 Å². The van der Waals surface area contributed by atoms with Gasteiger partial charge in [0.2, 0.25) is 0 Å². The second-order valence-electron chi connectivity index (χ2n) is 4.86. The monoisotopic (exact) mass is 240 g/mol. The molecule has 0 aliphatic heterocycles. The van der Waals surface area contributed by atoms with Crippen molar-refractivity contribution in [3.05, 3.63) is 0 Å². The molecule has 1 unspecified atom stereocenters. The zero-order valence-electron chi connectivity index (χ0n) is 10.4. The van der Waals surface area contributed by atoms with Crippen LogP contribution in [0.1, 0.15) is 58.3 Å². The summed E-state index contributed by atoms with van der Waals surface area (Å²) in [5.41, 5.74) is 5.37. The van der Waals surface area contributed by atoms with Gasteiger partial charge in [-0.1, -0.05) is 26.2 Å². The first kappa shape index (κ1) is 13.9. The van der Waals surface area contributed by atoms with Crippen LogP contribution in [0, 0.1) is 11.3 Å². The van der Waals surface area contributed by atoms with Gasteiger partial charge < -0.3 is 5.73 Å². The topological polar surface area (TPSA) is 49.8 Å². The van der Waals surface area contributed by atoms with E-state index < -0.39 is 5.54 Å². The van der Waals surface area contributed by atoms with Crippen LogP contribution in [0.25, 0.3) is 0 Å². The summed E-state index contributed by atoms with van der Waals surface area (Å²) >= 11 is 2.09. The van der Waals surface area contributed by atoms with Gasteiger partial charge in [-0.15, -0.1) is 0 Å². The van der Waals surface area contributed by atoms with Crippen LogP contribution >= 0.6 is 11.8 Å². The Kier molecular flexibility index (Phi) is 6.23. The number of rotatable bonds is 6. The Morgan fingerprint density at radius 3 is 2.62 bits per heavy atom. The van der Waals surface area contributed by atoms with E-state index in [4.69, 9.17) is 11.0 Å². The first-order chi connectivity index (χ1) is 7.70. The highest BCUT2D eigenvalue weighted by molar-refractivity contribution is 7.99. The molecule has 1 saturated carbocycles. The van der Waals surface area contributed by atoms with Crippen molar-refractivity contribution in [3.63, 3.8) is 0 Å². The third kappa shape index (κ3) is 4.76. The van der Waals surface area contributed by atoms with Gasteiger partial charge in [-0.05, 0) is 37.9 Å².